The first-order valence-electron chi connectivity index (χ1n) is 9.07. The molecule has 2 fully saturated rings. The Morgan fingerprint density at radius 3 is 2.79 bits per heavy atom. The Morgan fingerprint density at radius 1 is 1.31 bits per heavy atom. The number of sulfonamides is 1. The standard InChI is InChI=1S/C18H20ClN5O4S/c19-14-9-22-16(23-17(20)21)13-8-11(3-4-12(13)14)29(26,27)24-6-7-28-10-18(24)5-1-2-15(18)25/h3-4,8-9H,1-2,5-7,10H2,(H4,20,21,22,23). The number of guanidine groups is 1. The number of hydrogen-bond acceptors (Lipinski definition) is 6. The molecule has 1 saturated heterocycles. The van der Waals surface area contributed by atoms with Crippen LogP contribution in [0.3, 0.4) is 0 Å². The molecule has 2 heterocycles. The fourth-order valence-electron chi connectivity index (χ4n) is 4.03. The number of pyridine rings is 1. The molecule has 1 spiro atoms. The monoisotopic (exact) mass is 437 g/mol. The highest BCUT2D eigenvalue weighted by Gasteiger charge is 2.53. The lowest BCUT2D eigenvalue weighted by Gasteiger charge is -2.42. The third-order valence-corrected chi connectivity index (χ3v) is 7.65. The fourth-order valence-corrected chi connectivity index (χ4v) is 6.02. The van der Waals surface area contributed by atoms with Gasteiger partial charge in [0.15, 0.2) is 17.6 Å². The molecule has 1 aromatic carbocycles. The summed E-state index contributed by atoms with van der Waals surface area (Å²) in [5, 5.41) is 1.30. The van der Waals surface area contributed by atoms with E-state index in [9.17, 15) is 13.2 Å². The summed E-state index contributed by atoms with van der Waals surface area (Å²) < 4.78 is 33.8. The summed E-state index contributed by atoms with van der Waals surface area (Å²) in [6.07, 6.45) is 2.83. The van der Waals surface area contributed by atoms with Gasteiger partial charge in [-0.15, -0.1) is 0 Å². The SMILES string of the molecule is NC(N)=Nc1ncc(Cl)c2ccc(S(=O)(=O)N3CCOCC34CCCC4=O)cc12. The highest BCUT2D eigenvalue weighted by atomic mass is 35.5. The second-order valence-electron chi connectivity index (χ2n) is 7.11. The summed E-state index contributed by atoms with van der Waals surface area (Å²) in [6.45, 7) is 0.417. The minimum atomic E-state index is -3.99. The number of fused-ring (bicyclic) bond motifs is 1. The molecule has 2 aromatic rings. The van der Waals surface area contributed by atoms with Gasteiger partial charge in [-0.3, -0.25) is 4.79 Å². The van der Waals surface area contributed by atoms with E-state index in [-0.39, 0.29) is 42.2 Å². The number of benzene rings is 1. The number of hydrogen-bond donors (Lipinski definition) is 2. The molecule has 1 unspecified atom stereocenters. The molecular weight excluding hydrogens is 418 g/mol. The van der Waals surface area contributed by atoms with Crippen molar-refractivity contribution in [2.45, 2.75) is 29.7 Å². The lowest BCUT2D eigenvalue weighted by molar-refractivity contribution is -0.132. The van der Waals surface area contributed by atoms with E-state index < -0.39 is 15.6 Å². The van der Waals surface area contributed by atoms with Gasteiger partial charge in [0.1, 0.15) is 5.54 Å². The minimum Gasteiger partial charge on any atom is -0.378 e. The number of aromatic nitrogens is 1. The summed E-state index contributed by atoms with van der Waals surface area (Å²) in [5.41, 5.74) is 9.79. The highest BCUT2D eigenvalue weighted by molar-refractivity contribution is 7.89. The zero-order chi connectivity index (χ0) is 20.8. The maximum atomic E-state index is 13.5. The number of carbonyl (C=O) groups is 1. The van der Waals surface area contributed by atoms with Crippen molar-refractivity contribution in [2.75, 3.05) is 19.8 Å². The second-order valence-corrected chi connectivity index (χ2v) is 9.38. The smallest absolute Gasteiger partial charge is 0.244 e. The average molecular weight is 438 g/mol. The Morgan fingerprint density at radius 2 is 2.10 bits per heavy atom. The van der Waals surface area contributed by atoms with Crippen molar-refractivity contribution in [3.05, 3.63) is 29.4 Å². The van der Waals surface area contributed by atoms with Gasteiger partial charge in [0, 0.05) is 29.9 Å². The number of aliphatic imine (C=N–C) groups is 1. The quantitative estimate of drug-likeness (QED) is 0.544. The van der Waals surface area contributed by atoms with E-state index in [1.165, 1.54) is 22.6 Å². The number of halogens is 1. The first-order valence-corrected chi connectivity index (χ1v) is 10.9. The maximum Gasteiger partial charge on any atom is 0.244 e. The molecule has 1 aliphatic heterocycles. The van der Waals surface area contributed by atoms with Gasteiger partial charge in [-0.1, -0.05) is 17.7 Å². The number of rotatable bonds is 3. The topological polar surface area (TPSA) is 141 Å². The summed E-state index contributed by atoms with van der Waals surface area (Å²) in [7, 11) is -3.99. The van der Waals surface area contributed by atoms with Crippen LogP contribution in [0.5, 0.6) is 0 Å². The summed E-state index contributed by atoms with van der Waals surface area (Å²) in [5.74, 6) is -0.152. The Kier molecular flexibility index (Phi) is 4.97. The maximum absolute atomic E-state index is 13.5. The van der Waals surface area contributed by atoms with Crippen LogP contribution in [0.1, 0.15) is 19.3 Å². The number of nitrogens with zero attached hydrogens (tertiary/aromatic N) is 3. The van der Waals surface area contributed by atoms with Crippen molar-refractivity contribution in [1.29, 1.82) is 0 Å². The molecule has 1 aliphatic carbocycles. The molecule has 4 N–H and O–H groups in total. The van der Waals surface area contributed by atoms with E-state index in [0.717, 1.165) is 0 Å². The number of carbonyl (C=O) groups excluding carboxylic acids is 1. The molecule has 4 rings (SSSR count). The van der Waals surface area contributed by atoms with Crippen LogP contribution in [0, 0.1) is 0 Å². The van der Waals surface area contributed by atoms with E-state index >= 15 is 0 Å². The lowest BCUT2D eigenvalue weighted by atomic mass is 9.96. The molecule has 1 saturated carbocycles. The van der Waals surface area contributed by atoms with E-state index in [4.69, 9.17) is 27.8 Å². The average Bonchev–Trinajstić information content (AvgIpc) is 3.04. The van der Waals surface area contributed by atoms with Crippen molar-refractivity contribution in [3.8, 4) is 0 Å². The Labute approximate surface area is 172 Å². The third-order valence-electron chi connectivity index (χ3n) is 5.38. The van der Waals surface area contributed by atoms with Gasteiger partial charge in [0.05, 0.1) is 23.1 Å². The molecule has 1 atom stereocenters. The summed E-state index contributed by atoms with van der Waals surface area (Å²) >= 11 is 6.20. The van der Waals surface area contributed by atoms with Crippen LogP contribution >= 0.6 is 11.6 Å². The molecule has 29 heavy (non-hydrogen) atoms. The second kappa shape index (κ2) is 7.21. The van der Waals surface area contributed by atoms with Crippen molar-refractivity contribution in [1.82, 2.24) is 9.29 Å². The summed E-state index contributed by atoms with van der Waals surface area (Å²) in [6, 6.07) is 4.49. The molecule has 11 heteroatoms. The first-order chi connectivity index (χ1) is 13.8. The van der Waals surface area contributed by atoms with Crippen molar-refractivity contribution in [3.63, 3.8) is 0 Å². The highest BCUT2D eigenvalue weighted by Crippen LogP contribution is 2.39. The molecule has 0 bridgehead atoms. The largest absolute Gasteiger partial charge is 0.378 e. The third kappa shape index (κ3) is 3.25. The molecular formula is C18H20ClN5O4S. The van der Waals surface area contributed by atoms with Gasteiger partial charge in [-0.25, -0.2) is 13.4 Å². The van der Waals surface area contributed by atoms with Gasteiger partial charge < -0.3 is 16.2 Å². The van der Waals surface area contributed by atoms with E-state index in [0.29, 0.717) is 35.1 Å². The van der Waals surface area contributed by atoms with E-state index in [1.54, 1.807) is 6.07 Å². The van der Waals surface area contributed by atoms with Gasteiger partial charge in [0.25, 0.3) is 0 Å². The molecule has 2 aliphatic rings. The molecule has 1 aromatic heterocycles. The van der Waals surface area contributed by atoms with Crippen LogP contribution in [-0.2, 0) is 19.6 Å². The van der Waals surface area contributed by atoms with Gasteiger partial charge in [0.2, 0.25) is 10.0 Å². The number of ketones is 1. The van der Waals surface area contributed by atoms with Crippen molar-refractivity contribution in [2.24, 2.45) is 16.5 Å². The summed E-state index contributed by atoms with van der Waals surface area (Å²) in [4.78, 5) is 20.7. The predicted octanol–water partition coefficient (Wildman–Crippen LogP) is 1.31. The number of nitrogens with two attached hydrogens (primary N) is 2. The lowest BCUT2D eigenvalue weighted by Crippen LogP contribution is -2.61. The predicted molar refractivity (Wildman–Crippen MR) is 109 cm³/mol. The van der Waals surface area contributed by atoms with Gasteiger partial charge in [-0.2, -0.15) is 9.30 Å². The minimum absolute atomic E-state index is 0.0158. The van der Waals surface area contributed by atoms with Crippen LogP contribution in [-0.4, -0.2) is 54.7 Å². The van der Waals surface area contributed by atoms with Crippen LogP contribution < -0.4 is 11.5 Å². The van der Waals surface area contributed by atoms with Crippen LogP contribution in [0.15, 0.2) is 34.3 Å². The molecule has 154 valence electrons. The Balaban J connectivity index is 1.87. The van der Waals surface area contributed by atoms with Crippen molar-refractivity contribution >= 4 is 50.0 Å². The first kappa shape index (κ1) is 20.0. The normalized spacial score (nSPS) is 23.0. The van der Waals surface area contributed by atoms with E-state index in [2.05, 4.69) is 9.98 Å². The van der Waals surface area contributed by atoms with Crippen molar-refractivity contribution < 1.29 is 17.9 Å². The van der Waals surface area contributed by atoms with Gasteiger partial charge >= 0.3 is 0 Å². The number of morpholine rings is 1. The molecule has 0 radical (unpaired) electrons. The Hall–Kier alpha value is -2.27. The number of Topliss-reactive ketones (excluding diaryl/α,β-unsaturated/α-hetero) is 1. The fraction of sp³-hybridized carbons (Fsp3) is 0.389. The van der Waals surface area contributed by atoms with Crippen LogP contribution in [0.4, 0.5) is 5.82 Å². The molecule has 0 amide bonds. The zero-order valence-corrected chi connectivity index (χ0v) is 17.0. The Bertz CT molecular complexity index is 1130. The van der Waals surface area contributed by atoms with E-state index in [1.807, 2.05) is 0 Å². The van der Waals surface area contributed by atoms with Crippen LogP contribution in [0.2, 0.25) is 5.02 Å². The zero-order valence-electron chi connectivity index (χ0n) is 15.5. The number of ether oxygens (including phenoxy) is 1. The van der Waals surface area contributed by atoms with Gasteiger partial charge in [-0.05, 0) is 25.0 Å². The molecule has 9 nitrogen and oxygen atoms in total. The van der Waals surface area contributed by atoms with Crippen LogP contribution in [0.25, 0.3) is 10.8 Å².